The van der Waals surface area contributed by atoms with E-state index in [-0.39, 0.29) is 30.8 Å². The number of hydrogen-bond donors (Lipinski definition) is 3. The van der Waals surface area contributed by atoms with E-state index in [2.05, 4.69) is 14.7 Å². The molecule has 10 nitrogen and oxygen atoms in total. The second kappa shape index (κ2) is 14.1. The predicted octanol–water partition coefficient (Wildman–Crippen LogP) is 3.79. The van der Waals surface area contributed by atoms with Gasteiger partial charge in [-0.3, -0.25) is 9.52 Å². The van der Waals surface area contributed by atoms with Crippen molar-refractivity contribution in [3.63, 3.8) is 0 Å². The molecular weight excluding hydrogens is 505 g/mol. The standard InChI is InChI=1S/C25H34FN3O7S/c1-5-35-15-36-20(13-19(30)14-22(31)32)11-12-21-23(16(3)4)27-25(29-37(33,34)6-2)28-24(21)17-7-9-18(26)10-8-17/h7-12,16,19-20,30H,5-6,13-15H2,1-4H3,(H,31,32)(H,27,28,29)/b12-11+/t19-,20-/m1/s1. The first-order chi connectivity index (χ1) is 17.5. The number of carboxylic acid groups (broad SMARTS) is 1. The van der Waals surface area contributed by atoms with Crippen LogP contribution in [0.5, 0.6) is 0 Å². The third kappa shape index (κ3) is 9.80. The molecule has 12 heteroatoms. The van der Waals surface area contributed by atoms with E-state index in [9.17, 15) is 22.7 Å². The number of nitrogens with one attached hydrogen (secondary N) is 1. The molecule has 3 N–H and O–H groups in total. The van der Waals surface area contributed by atoms with E-state index in [1.807, 2.05) is 13.8 Å². The highest BCUT2D eigenvalue weighted by atomic mass is 32.2. The minimum absolute atomic E-state index is 0.00594. The molecule has 2 aromatic rings. The fourth-order valence-corrected chi connectivity index (χ4v) is 3.87. The lowest BCUT2D eigenvalue weighted by Gasteiger charge is -2.19. The SMILES string of the molecule is CCOCO[C@H](/C=C/c1c(-c2ccc(F)cc2)nc(NS(=O)(=O)CC)nc1C(C)C)C[C@@H](O)CC(=O)O. The molecule has 0 bridgehead atoms. The van der Waals surface area contributed by atoms with Crippen LogP contribution in [0.1, 0.15) is 57.7 Å². The van der Waals surface area contributed by atoms with Crippen LogP contribution in [0.25, 0.3) is 17.3 Å². The number of aliphatic hydroxyl groups excluding tert-OH is 1. The van der Waals surface area contributed by atoms with Crippen LogP contribution >= 0.6 is 0 Å². The minimum atomic E-state index is -3.66. The first kappa shape index (κ1) is 30.3. The van der Waals surface area contributed by atoms with E-state index >= 15 is 0 Å². The first-order valence-corrected chi connectivity index (χ1v) is 13.6. The second-order valence-corrected chi connectivity index (χ2v) is 10.5. The van der Waals surface area contributed by atoms with Gasteiger partial charge in [-0.25, -0.2) is 22.8 Å². The van der Waals surface area contributed by atoms with Crippen molar-refractivity contribution in [3.8, 4) is 11.3 Å². The molecule has 2 rings (SSSR count). The van der Waals surface area contributed by atoms with Crippen molar-refractivity contribution in [3.05, 3.63) is 47.4 Å². The van der Waals surface area contributed by atoms with Crippen LogP contribution in [0.2, 0.25) is 0 Å². The molecule has 0 aliphatic carbocycles. The Morgan fingerprint density at radius 2 is 1.86 bits per heavy atom. The zero-order valence-corrected chi connectivity index (χ0v) is 22.2. The summed E-state index contributed by atoms with van der Waals surface area (Å²) in [5.41, 5.74) is 1.95. The largest absolute Gasteiger partial charge is 0.481 e. The molecule has 0 aliphatic heterocycles. The summed E-state index contributed by atoms with van der Waals surface area (Å²) in [6, 6.07) is 5.59. The number of nitrogens with zero attached hydrogens (tertiary/aromatic N) is 2. The quantitative estimate of drug-likeness (QED) is 0.227. The Hall–Kier alpha value is -2.93. The van der Waals surface area contributed by atoms with Crippen LogP contribution < -0.4 is 4.72 Å². The molecule has 0 spiro atoms. The molecule has 1 aromatic heterocycles. The van der Waals surface area contributed by atoms with Gasteiger partial charge in [-0.15, -0.1) is 0 Å². The van der Waals surface area contributed by atoms with Crippen molar-refractivity contribution >= 4 is 28.0 Å². The second-order valence-electron chi connectivity index (χ2n) is 8.52. The number of halogens is 1. The normalized spacial score (nSPS) is 13.7. The lowest BCUT2D eigenvalue weighted by atomic mass is 9.97. The maximum atomic E-state index is 13.6. The smallest absolute Gasteiger partial charge is 0.305 e. The zero-order chi connectivity index (χ0) is 27.6. The number of ether oxygens (including phenoxy) is 2. The lowest BCUT2D eigenvalue weighted by Crippen LogP contribution is -2.22. The van der Waals surface area contributed by atoms with E-state index in [4.69, 9.17) is 14.6 Å². The van der Waals surface area contributed by atoms with Gasteiger partial charge in [-0.05, 0) is 44.0 Å². The molecule has 0 unspecified atom stereocenters. The molecule has 204 valence electrons. The fourth-order valence-electron chi connectivity index (χ4n) is 3.35. The van der Waals surface area contributed by atoms with Gasteiger partial charge in [0.15, 0.2) is 0 Å². The number of aromatic nitrogens is 2. The summed E-state index contributed by atoms with van der Waals surface area (Å²) < 4.78 is 51.3. The van der Waals surface area contributed by atoms with Gasteiger partial charge in [0, 0.05) is 24.2 Å². The number of carboxylic acids is 1. The van der Waals surface area contributed by atoms with Crippen LogP contribution in [0.4, 0.5) is 10.3 Å². The first-order valence-electron chi connectivity index (χ1n) is 11.9. The number of rotatable bonds is 15. The van der Waals surface area contributed by atoms with Crippen molar-refractivity contribution < 1.29 is 37.3 Å². The Morgan fingerprint density at radius 1 is 1.19 bits per heavy atom. The van der Waals surface area contributed by atoms with Crippen molar-refractivity contribution in [2.45, 2.75) is 58.7 Å². The molecule has 1 heterocycles. The monoisotopic (exact) mass is 539 g/mol. The van der Waals surface area contributed by atoms with Crippen molar-refractivity contribution in [2.75, 3.05) is 23.9 Å². The molecule has 37 heavy (non-hydrogen) atoms. The van der Waals surface area contributed by atoms with Crippen LogP contribution in [0.3, 0.4) is 0 Å². The van der Waals surface area contributed by atoms with Crippen molar-refractivity contribution in [1.82, 2.24) is 9.97 Å². The molecule has 0 saturated heterocycles. The summed E-state index contributed by atoms with van der Waals surface area (Å²) >= 11 is 0. The summed E-state index contributed by atoms with van der Waals surface area (Å²) in [7, 11) is -3.66. The summed E-state index contributed by atoms with van der Waals surface area (Å²) in [4.78, 5) is 19.9. The van der Waals surface area contributed by atoms with Gasteiger partial charge in [-0.1, -0.05) is 26.0 Å². The average Bonchev–Trinajstić information content (AvgIpc) is 2.82. The third-order valence-electron chi connectivity index (χ3n) is 5.23. The average molecular weight is 540 g/mol. The number of carbonyl (C=O) groups is 1. The molecule has 0 fully saturated rings. The number of benzene rings is 1. The Bertz CT molecular complexity index is 1170. The Balaban J connectivity index is 2.60. The number of aliphatic hydroxyl groups is 1. The summed E-state index contributed by atoms with van der Waals surface area (Å²) in [6.07, 6.45) is 0.995. The fraction of sp³-hybridized carbons (Fsp3) is 0.480. The highest BCUT2D eigenvalue weighted by Crippen LogP contribution is 2.31. The Morgan fingerprint density at radius 3 is 2.43 bits per heavy atom. The predicted molar refractivity (Wildman–Crippen MR) is 138 cm³/mol. The molecule has 0 radical (unpaired) electrons. The van der Waals surface area contributed by atoms with Gasteiger partial charge >= 0.3 is 5.97 Å². The van der Waals surface area contributed by atoms with Crippen molar-refractivity contribution in [1.29, 1.82) is 0 Å². The molecule has 1 aromatic carbocycles. The van der Waals surface area contributed by atoms with E-state index < -0.39 is 40.4 Å². The van der Waals surface area contributed by atoms with Crippen LogP contribution in [0.15, 0.2) is 30.3 Å². The minimum Gasteiger partial charge on any atom is -0.481 e. The maximum Gasteiger partial charge on any atom is 0.305 e. The van der Waals surface area contributed by atoms with Crippen LogP contribution in [-0.4, -0.2) is 65.9 Å². The van der Waals surface area contributed by atoms with E-state index in [0.29, 0.717) is 29.1 Å². The van der Waals surface area contributed by atoms with E-state index in [1.54, 1.807) is 19.1 Å². The van der Waals surface area contributed by atoms with E-state index in [0.717, 1.165) is 0 Å². The van der Waals surface area contributed by atoms with Gasteiger partial charge in [0.1, 0.15) is 12.6 Å². The highest BCUT2D eigenvalue weighted by Gasteiger charge is 2.21. The number of anilines is 1. The van der Waals surface area contributed by atoms with Gasteiger partial charge in [0.05, 0.1) is 35.8 Å². The summed E-state index contributed by atoms with van der Waals surface area (Å²) in [6.45, 7) is 7.39. The molecule has 0 aliphatic rings. The molecule has 0 amide bonds. The van der Waals surface area contributed by atoms with E-state index in [1.165, 1.54) is 31.2 Å². The molecule has 0 saturated carbocycles. The number of hydrogen-bond acceptors (Lipinski definition) is 8. The Labute approximate surface area is 216 Å². The maximum absolute atomic E-state index is 13.6. The topological polar surface area (TPSA) is 148 Å². The number of aliphatic carboxylic acids is 1. The third-order valence-corrected chi connectivity index (χ3v) is 6.48. The van der Waals surface area contributed by atoms with Crippen LogP contribution in [-0.2, 0) is 24.3 Å². The van der Waals surface area contributed by atoms with Crippen LogP contribution in [0, 0.1) is 5.82 Å². The molecule has 2 atom stereocenters. The lowest BCUT2D eigenvalue weighted by molar-refractivity contribution is -0.140. The highest BCUT2D eigenvalue weighted by molar-refractivity contribution is 7.92. The zero-order valence-electron chi connectivity index (χ0n) is 21.3. The summed E-state index contributed by atoms with van der Waals surface area (Å²) in [5.74, 6) is -2.02. The summed E-state index contributed by atoms with van der Waals surface area (Å²) in [5, 5.41) is 19.1. The van der Waals surface area contributed by atoms with Gasteiger partial charge in [0.25, 0.3) is 0 Å². The van der Waals surface area contributed by atoms with Crippen molar-refractivity contribution in [2.24, 2.45) is 0 Å². The number of sulfonamides is 1. The van der Waals surface area contributed by atoms with Gasteiger partial charge in [0.2, 0.25) is 16.0 Å². The Kier molecular flexibility index (Phi) is 11.6. The van der Waals surface area contributed by atoms with Gasteiger partial charge < -0.3 is 19.7 Å². The molecular formula is C25H34FN3O7S. The van der Waals surface area contributed by atoms with Gasteiger partial charge in [-0.2, -0.15) is 0 Å².